The van der Waals surface area contributed by atoms with E-state index in [9.17, 15) is 58.5 Å². The van der Waals surface area contributed by atoms with Crippen molar-refractivity contribution < 1.29 is 87.1 Å². The number of anilines is 2. The number of carbonyl (C=O) groups excluding carboxylic acids is 3. The van der Waals surface area contributed by atoms with Crippen molar-refractivity contribution in [1.29, 1.82) is 0 Å². The summed E-state index contributed by atoms with van der Waals surface area (Å²) in [6.45, 7) is 12.1. The molecule has 31 nitrogen and oxygen atoms in total. The van der Waals surface area contributed by atoms with Crippen molar-refractivity contribution in [2.45, 2.75) is 94.5 Å². The third-order valence-electron chi connectivity index (χ3n) is 10.5. The van der Waals surface area contributed by atoms with Crippen LogP contribution in [0.4, 0.5) is 34.7 Å². The van der Waals surface area contributed by atoms with Crippen molar-refractivity contribution in [2.75, 3.05) is 58.9 Å². The number of ether oxygens (including phenoxy) is 4. The number of aryl methyl sites for hydroxylation is 2. The molecule has 0 aliphatic carbocycles. The number of pyridine rings is 1. The molecule has 4 heterocycles. The van der Waals surface area contributed by atoms with Crippen molar-refractivity contribution in [3.63, 3.8) is 0 Å². The highest BCUT2D eigenvalue weighted by atomic mass is 35.5. The average molecular weight is 1360 g/mol. The molecule has 0 aliphatic heterocycles. The van der Waals surface area contributed by atoms with Gasteiger partial charge in [0.2, 0.25) is 29.5 Å². The van der Waals surface area contributed by atoms with E-state index in [0.29, 0.717) is 22.4 Å². The number of hydrogen-bond donors (Lipinski definition) is 7. The molecule has 2 atom stereocenters. The number of nitrogens with zero attached hydrogens (tertiary/aromatic N) is 9. The molecule has 2 aromatic carbocycles. The first-order chi connectivity index (χ1) is 41.1. The zero-order valence-corrected chi connectivity index (χ0v) is 53.6. The van der Waals surface area contributed by atoms with E-state index in [4.69, 9.17) is 62.3 Å². The van der Waals surface area contributed by atoms with Gasteiger partial charge >= 0.3 is 36.0 Å². The van der Waals surface area contributed by atoms with Crippen LogP contribution in [0.25, 0.3) is 5.69 Å². The van der Waals surface area contributed by atoms with Gasteiger partial charge in [0.05, 0.1) is 59.7 Å². The van der Waals surface area contributed by atoms with Gasteiger partial charge in [-0.05, 0) is 63.4 Å². The molecular formula is C50H64Cl2F3N14O17PS2. The number of amides is 5. The highest BCUT2D eigenvalue weighted by molar-refractivity contribution is 7.90. The number of aromatic nitrogens is 8. The molecule has 6 rings (SSSR count). The van der Waals surface area contributed by atoms with Crippen LogP contribution < -0.4 is 50.5 Å². The fourth-order valence-corrected chi connectivity index (χ4v) is 9.87. The van der Waals surface area contributed by atoms with E-state index >= 15 is 0 Å². The molecule has 89 heavy (non-hydrogen) atoms. The zero-order chi connectivity index (χ0) is 67.6. The smallest absolute Gasteiger partial charge is 0.442 e. The van der Waals surface area contributed by atoms with Crippen molar-refractivity contribution in [3.05, 3.63) is 104 Å². The first-order valence-corrected chi connectivity index (χ1v) is 31.4. The number of benzene rings is 2. The minimum absolute atomic E-state index is 0.0412. The summed E-state index contributed by atoms with van der Waals surface area (Å²) < 4.78 is 128. The number of sulfonamides is 2. The minimum Gasteiger partial charge on any atom is -0.489 e. The molecule has 0 saturated carbocycles. The molecule has 2 unspecified atom stereocenters. The Balaban J connectivity index is 0.000000324. The lowest BCUT2D eigenvalue weighted by Crippen LogP contribution is -2.36. The molecule has 0 saturated heterocycles. The lowest BCUT2D eigenvalue weighted by molar-refractivity contribution is -0.138. The Morgan fingerprint density at radius 1 is 0.843 bits per heavy atom. The van der Waals surface area contributed by atoms with E-state index in [1.54, 1.807) is 15.5 Å². The highest BCUT2D eigenvalue weighted by Gasteiger charge is 2.31. The van der Waals surface area contributed by atoms with Crippen LogP contribution in [0.3, 0.4) is 0 Å². The summed E-state index contributed by atoms with van der Waals surface area (Å²) in [5.41, 5.74) is 4.81. The second-order valence-corrected chi connectivity index (χ2v) is 26.2. The maximum atomic E-state index is 12.5. The van der Waals surface area contributed by atoms with E-state index < -0.39 is 92.1 Å². The molecule has 6 aromatic rings. The standard InChI is InChI=1S/C15H18Cl2N2O3.C15H16F3N5O4S.C15H18N6O6S.C5H12NO4P/c1-8(2)21-12-7-11(9(16)6-10(12)17)19-14(20)22-13(18-19)15(3,4)5;1-9-19-12(22-14(20-9)27-2)21-13(24)23-28(25,26)11-6-4-3-5-10(11)7-8-15(16,17)18;1-21(2)13(22)9-6-5-7-16-12(9)28(24,25)20-15(23)19-14-17-10(26-3)8-11(18-14)27-4;1-11(9,10)3-2-4(6)5(7)8/h6-8H,1-5H3;3-6H,7-8H2,1-2H3,(H2,19,20,21,22,23,24);5-8H,1-4H3,(H2,17,18,19,20,23);4H,2-3,6H2,1H3,(H,7,8)(H,9,10). The van der Waals surface area contributed by atoms with Gasteiger partial charge in [-0.3, -0.25) is 24.8 Å². The van der Waals surface area contributed by atoms with Gasteiger partial charge in [0.1, 0.15) is 17.6 Å². The summed E-state index contributed by atoms with van der Waals surface area (Å²) in [6, 6.07) is 8.79. The molecule has 0 radical (unpaired) electrons. The van der Waals surface area contributed by atoms with E-state index in [1.807, 2.05) is 34.6 Å². The fraction of sp³-hybridized carbons (Fsp3) is 0.400. The molecule has 0 spiro atoms. The van der Waals surface area contributed by atoms with Crippen LogP contribution in [0.1, 0.15) is 75.1 Å². The molecule has 0 aliphatic rings. The Morgan fingerprint density at radius 2 is 1.42 bits per heavy atom. The third-order valence-corrected chi connectivity index (χ3v) is 14.9. The van der Waals surface area contributed by atoms with Crippen LogP contribution in [-0.4, -0.2) is 162 Å². The number of alkyl halides is 3. The predicted octanol–water partition coefficient (Wildman–Crippen LogP) is 6.20. The van der Waals surface area contributed by atoms with Gasteiger partial charge in [0.25, 0.3) is 26.0 Å². The van der Waals surface area contributed by atoms with E-state index in [0.717, 1.165) is 10.7 Å². The van der Waals surface area contributed by atoms with E-state index in [-0.39, 0.29) is 75.7 Å². The minimum atomic E-state index is -4.46. The van der Waals surface area contributed by atoms with Gasteiger partial charge in [-0.15, -0.1) is 5.10 Å². The average Bonchev–Trinajstić information content (AvgIpc) is 3.85. The molecule has 8 N–H and O–H groups in total. The Labute approximate surface area is 517 Å². The van der Waals surface area contributed by atoms with Gasteiger partial charge in [-0.1, -0.05) is 62.2 Å². The largest absolute Gasteiger partial charge is 0.489 e. The first-order valence-electron chi connectivity index (χ1n) is 25.4. The molecule has 0 fully saturated rings. The predicted molar refractivity (Wildman–Crippen MR) is 315 cm³/mol. The van der Waals surface area contributed by atoms with Crippen molar-refractivity contribution in [2.24, 2.45) is 5.73 Å². The van der Waals surface area contributed by atoms with Crippen molar-refractivity contribution in [3.8, 4) is 29.2 Å². The zero-order valence-electron chi connectivity index (χ0n) is 49.5. The van der Waals surface area contributed by atoms with E-state index in [1.165, 1.54) is 103 Å². The topological polar surface area (TPSA) is 434 Å². The fourth-order valence-electron chi connectivity index (χ4n) is 6.39. The highest BCUT2D eigenvalue weighted by Crippen LogP contribution is 2.36. The van der Waals surface area contributed by atoms with Crippen LogP contribution in [0.5, 0.6) is 23.5 Å². The van der Waals surface area contributed by atoms with E-state index in [2.05, 4.69) is 45.6 Å². The lowest BCUT2D eigenvalue weighted by Gasteiger charge is -2.14. The number of carboxylic acid groups (broad SMARTS) is 1. The number of aliphatic carboxylic acids is 1. The summed E-state index contributed by atoms with van der Waals surface area (Å²) in [4.78, 5) is 90.8. The van der Waals surface area contributed by atoms with Gasteiger partial charge in [-0.25, -0.2) is 37.2 Å². The van der Waals surface area contributed by atoms with Crippen LogP contribution in [0.2, 0.25) is 10.0 Å². The monoisotopic (exact) mass is 1350 g/mol. The summed E-state index contributed by atoms with van der Waals surface area (Å²) in [7, 11) is -5.09. The van der Waals surface area contributed by atoms with Crippen molar-refractivity contribution in [1.82, 2.24) is 54.0 Å². The number of nitrogens with two attached hydrogens (primary N) is 1. The molecule has 5 amide bonds. The molecular weight excluding hydrogens is 1290 g/mol. The Morgan fingerprint density at radius 3 is 1.92 bits per heavy atom. The molecule has 4 aromatic heterocycles. The molecule has 39 heteroatoms. The number of rotatable bonds is 19. The quantitative estimate of drug-likeness (QED) is 0.0444. The third kappa shape index (κ3) is 24.7. The number of halogens is 5. The van der Waals surface area contributed by atoms with Crippen LogP contribution in [0.15, 0.2) is 79.9 Å². The first kappa shape index (κ1) is 75.0. The molecule has 488 valence electrons. The summed E-state index contributed by atoms with van der Waals surface area (Å²) in [5.74, 6) is -1.70. The second-order valence-electron chi connectivity index (χ2n) is 19.6. The van der Waals surface area contributed by atoms with Gasteiger partial charge in [-0.2, -0.15) is 51.2 Å². The van der Waals surface area contributed by atoms with Crippen LogP contribution in [0, 0.1) is 6.92 Å². The van der Waals surface area contributed by atoms with Crippen molar-refractivity contribution >= 4 is 86.5 Å². The lowest BCUT2D eigenvalue weighted by atomic mass is 9.97. The maximum Gasteiger partial charge on any atom is 0.442 e. The van der Waals surface area contributed by atoms with Gasteiger partial charge in [0.15, 0.2) is 12.4 Å². The Bertz CT molecular complexity index is 3790. The Kier molecular flexibility index (Phi) is 27.2. The maximum absolute atomic E-state index is 12.5. The second kappa shape index (κ2) is 32.3. The summed E-state index contributed by atoms with van der Waals surface area (Å²) in [5, 5.41) is 16.8. The summed E-state index contributed by atoms with van der Waals surface area (Å²) in [6.07, 6.45) is -5.07. The normalized spacial score (nSPS) is 12.4. The molecule has 0 bridgehead atoms. The van der Waals surface area contributed by atoms with Gasteiger partial charge < -0.3 is 44.0 Å². The van der Waals surface area contributed by atoms with Crippen LogP contribution >= 0.6 is 30.6 Å². The number of carbonyl (C=O) groups is 4. The Hall–Kier alpha value is -8.28. The van der Waals surface area contributed by atoms with Crippen LogP contribution in [-0.2, 0) is 41.2 Å². The number of carboxylic acids is 1. The number of nitrogens with one attached hydrogen (secondary N) is 4. The SMILES string of the molecule is CC(C)Oc1cc(-n2nc(C(C)(C)C)oc2=O)c(Cl)cc1Cl.COc1cc(OC)nc(NC(=O)NS(=O)(=O)c2ncccc2C(=O)N(C)C)n1.COc1nc(C)nc(NC(=O)NS(=O)(=O)c2ccccc2CCC(F)(F)F)n1.CP(=O)(O)CCC(N)C(=O)O. The number of methoxy groups -OCH3 is 3. The van der Waals surface area contributed by atoms with Gasteiger partial charge in [0, 0.05) is 51.0 Å². The number of urea groups is 2. The number of hydrogen-bond acceptors (Lipinski definition) is 23. The summed E-state index contributed by atoms with van der Waals surface area (Å²) >= 11 is 12.3.